The highest BCUT2D eigenvalue weighted by molar-refractivity contribution is 8.26. The number of hydrogen-bond acceptors (Lipinski definition) is 3. The molecule has 2 rings (SSSR count). The Morgan fingerprint density at radius 1 is 1.50 bits per heavy atom. The van der Waals surface area contributed by atoms with Crippen LogP contribution < -0.4 is 5.32 Å². The second-order valence-electron chi connectivity index (χ2n) is 2.99. The standard InChI is InChI=1S/C10H5ClFNOS2/c11-6-2-1-3-7(12)5(6)4-8-9(14)13-10(15)16-8/h1-4H,(H,13,14,15). The van der Waals surface area contributed by atoms with Crippen LogP contribution in [0.4, 0.5) is 4.39 Å². The molecule has 0 aliphatic carbocycles. The van der Waals surface area contributed by atoms with Gasteiger partial charge in [0.05, 0.1) is 9.93 Å². The first-order valence-corrected chi connectivity index (χ1v) is 5.87. The number of thiocarbonyl (C=S) groups is 1. The lowest BCUT2D eigenvalue weighted by Crippen LogP contribution is -2.17. The fourth-order valence-electron chi connectivity index (χ4n) is 1.20. The molecule has 0 atom stereocenters. The maximum absolute atomic E-state index is 13.4. The van der Waals surface area contributed by atoms with Crippen molar-refractivity contribution in [3.8, 4) is 0 Å². The van der Waals surface area contributed by atoms with E-state index in [1.54, 1.807) is 6.07 Å². The van der Waals surface area contributed by atoms with Crippen LogP contribution in [0.1, 0.15) is 5.56 Å². The summed E-state index contributed by atoms with van der Waals surface area (Å²) in [6.45, 7) is 0. The van der Waals surface area contributed by atoms with Crippen molar-refractivity contribution >= 4 is 51.9 Å². The van der Waals surface area contributed by atoms with Crippen LogP contribution in [-0.4, -0.2) is 10.2 Å². The van der Waals surface area contributed by atoms with Crippen molar-refractivity contribution in [3.63, 3.8) is 0 Å². The Morgan fingerprint density at radius 3 is 2.81 bits per heavy atom. The van der Waals surface area contributed by atoms with Crippen molar-refractivity contribution in [2.75, 3.05) is 0 Å². The van der Waals surface area contributed by atoms with Gasteiger partial charge in [0.1, 0.15) is 10.1 Å². The third-order valence-electron chi connectivity index (χ3n) is 1.92. The molecule has 1 aliphatic rings. The monoisotopic (exact) mass is 273 g/mol. The fraction of sp³-hybridized carbons (Fsp3) is 0. The first-order valence-electron chi connectivity index (χ1n) is 4.27. The summed E-state index contributed by atoms with van der Waals surface area (Å²) in [7, 11) is 0. The molecule has 0 radical (unpaired) electrons. The van der Waals surface area contributed by atoms with E-state index in [0.29, 0.717) is 9.23 Å². The molecule has 82 valence electrons. The highest BCUT2D eigenvalue weighted by Crippen LogP contribution is 2.29. The summed E-state index contributed by atoms with van der Waals surface area (Å²) in [6.07, 6.45) is 1.40. The zero-order valence-electron chi connectivity index (χ0n) is 7.79. The number of benzene rings is 1. The van der Waals surface area contributed by atoms with E-state index in [1.807, 2.05) is 0 Å². The van der Waals surface area contributed by atoms with Gasteiger partial charge in [0.25, 0.3) is 5.91 Å². The van der Waals surface area contributed by atoms with Gasteiger partial charge in [-0.05, 0) is 18.2 Å². The van der Waals surface area contributed by atoms with Gasteiger partial charge in [-0.25, -0.2) is 4.39 Å². The van der Waals surface area contributed by atoms with Crippen LogP contribution >= 0.6 is 35.6 Å². The Kier molecular flexibility index (Phi) is 3.28. The maximum atomic E-state index is 13.4. The predicted octanol–water partition coefficient (Wildman–Crippen LogP) is 2.97. The number of halogens is 2. The summed E-state index contributed by atoms with van der Waals surface area (Å²) in [6, 6.07) is 4.35. The summed E-state index contributed by atoms with van der Waals surface area (Å²) in [5.41, 5.74) is 0.200. The third-order valence-corrected chi connectivity index (χ3v) is 3.41. The van der Waals surface area contributed by atoms with Crippen molar-refractivity contribution < 1.29 is 9.18 Å². The lowest BCUT2D eigenvalue weighted by molar-refractivity contribution is -0.115. The molecule has 1 fully saturated rings. The van der Waals surface area contributed by atoms with Gasteiger partial charge >= 0.3 is 0 Å². The average molecular weight is 274 g/mol. The van der Waals surface area contributed by atoms with Gasteiger partial charge in [0.2, 0.25) is 0 Å². The van der Waals surface area contributed by atoms with Crippen molar-refractivity contribution in [2.45, 2.75) is 0 Å². The van der Waals surface area contributed by atoms with E-state index in [-0.39, 0.29) is 16.5 Å². The fourth-order valence-corrected chi connectivity index (χ4v) is 2.44. The van der Waals surface area contributed by atoms with Crippen LogP contribution in [0.2, 0.25) is 5.02 Å². The lowest BCUT2D eigenvalue weighted by Gasteiger charge is -2.00. The van der Waals surface area contributed by atoms with E-state index in [9.17, 15) is 9.18 Å². The lowest BCUT2D eigenvalue weighted by atomic mass is 10.2. The minimum absolute atomic E-state index is 0.200. The van der Waals surface area contributed by atoms with Crippen LogP contribution in [0, 0.1) is 5.82 Å². The second-order valence-corrected chi connectivity index (χ2v) is 5.11. The van der Waals surface area contributed by atoms with Gasteiger partial charge in [-0.1, -0.05) is 41.6 Å². The average Bonchev–Trinajstić information content (AvgIpc) is 2.51. The highest BCUT2D eigenvalue weighted by atomic mass is 35.5. The predicted molar refractivity (Wildman–Crippen MR) is 67.7 cm³/mol. The molecule has 1 N–H and O–H groups in total. The third kappa shape index (κ3) is 2.26. The van der Waals surface area contributed by atoms with Gasteiger partial charge in [-0.3, -0.25) is 4.79 Å². The van der Waals surface area contributed by atoms with Crippen LogP contribution in [0.5, 0.6) is 0 Å². The van der Waals surface area contributed by atoms with Crippen LogP contribution in [0.15, 0.2) is 23.1 Å². The number of nitrogens with one attached hydrogen (secondary N) is 1. The molecule has 1 aromatic rings. The van der Waals surface area contributed by atoms with Crippen molar-refractivity contribution in [2.24, 2.45) is 0 Å². The number of rotatable bonds is 1. The Labute approximate surface area is 106 Å². The molecule has 1 aromatic carbocycles. The van der Waals surface area contributed by atoms with E-state index in [1.165, 1.54) is 18.2 Å². The number of thioether (sulfide) groups is 1. The second kappa shape index (κ2) is 4.53. The molecule has 2 nitrogen and oxygen atoms in total. The molecule has 0 aromatic heterocycles. The van der Waals surface area contributed by atoms with Gasteiger partial charge in [-0.2, -0.15) is 0 Å². The molecule has 6 heteroatoms. The molecule has 0 saturated carbocycles. The smallest absolute Gasteiger partial charge is 0.263 e. The SMILES string of the molecule is O=C1NC(=S)SC1=Cc1c(F)cccc1Cl. The number of amides is 1. The zero-order valence-corrected chi connectivity index (χ0v) is 10.2. The summed E-state index contributed by atoms with van der Waals surface area (Å²) in [4.78, 5) is 11.7. The molecule has 16 heavy (non-hydrogen) atoms. The first-order chi connectivity index (χ1) is 7.58. The normalized spacial score (nSPS) is 18.0. The molecule has 0 unspecified atom stereocenters. The Morgan fingerprint density at radius 2 is 2.25 bits per heavy atom. The maximum Gasteiger partial charge on any atom is 0.263 e. The Hall–Kier alpha value is -0.910. The Balaban J connectivity index is 2.44. The molecule has 1 aliphatic heterocycles. The molecule has 1 saturated heterocycles. The minimum atomic E-state index is -0.466. The van der Waals surface area contributed by atoms with E-state index < -0.39 is 5.82 Å². The number of carbonyl (C=O) groups is 1. The van der Waals surface area contributed by atoms with Gasteiger partial charge in [0, 0.05) is 5.56 Å². The van der Waals surface area contributed by atoms with Crippen molar-refractivity contribution in [1.82, 2.24) is 5.32 Å². The molecule has 0 spiro atoms. The van der Waals surface area contributed by atoms with Gasteiger partial charge < -0.3 is 5.32 Å². The quantitative estimate of drug-likeness (QED) is 0.630. The summed E-state index contributed by atoms with van der Waals surface area (Å²) < 4.78 is 13.8. The number of hydrogen-bond donors (Lipinski definition) is 1. The zero-order chi connectivity index (χ0) is 11.7. The molecule has 0 bridgehead atoms. The minimum Gasteiger partial charge on any atom is -0.307 e. The topological polar surface area (TPSA) is 29.1 Å². The van der Waals surface area contributed by atoms with Gasteiger partial charge in [-0.15, -0.1) is 0 Å². The summed E-state index contributed by atoms with van der Waals surface area (Å²) in [5.74, 6) is -0.791. The highest BCUT2D eigenvalue weighted by Gasteiger charge is 2.22. The molecular formula is C10H5ClFNOS2. The summed E-state index contributed by atoms with van der Waals surface area (Å²) >= 11 is 11.7. The largest absolute Gasteiger partial charge is 0.307 e. The molecule has 1 amide bonds. The molecule has 1 heterocycles. The summed E-state index contributed by atoms with van der Waals surface area (Å²) in [5, 5.41) is 2.71. The van der Waals surface area contributed by atoms with Crippen LogP contribution in [0.25, 0.3) is 6.08 Å². The van der Waals surface area contributed by atoms with Crippen LogP contribution in [0.3, 0.4) is 0 Å². The van der Waals surface area contributed by atoms with Crippen molar-refractivity contribution in [1.29, 1.82) is 0 Å². The van der Waals surface area contributed by atoms with Gasteiger partial charge in [0.15, 0.2) is 0 Å². The number of carbonyl (C=O) groups excluding carboxylic acids is 1. The van der Waals surface area contributed by atoms with E-state index in [0.717, 1.165) is 11.8 Å². The van der Waals surface area contributed by atoms with Crippen molar-refractivity contribution in [3.05, 3.63) is 39.5 Å². The van der Waals surface area contributed by atoms with E-state index in [4.69, 9.17) is 23.8 Å². The first kappa shape index (κ1) is 11.6. The molecular weight excluding hydrogens is 269 g/mol. The van der Waals surface area contributed by atoms with E-state index >= 15 is 0 Å². The Bertz CT molecular complexity index is 495. The van der Waals surface area contributed by atoms with Crippen LogP contribution in [-0.2, 0) is 4.79 Å². The van der Waals surface area contributed by atoms with E-state index in [2.05, 4.69) is 5.32 Å².